The van der Waals surface area contributed by atoms with E-state index in [4.69, 9.17) is 34.8 Å². The minimum absolute atomic E-state index is 0.00793. The Labute approximate surface area is 238 Å². The maximum absolute atomic E-state index is 13.8. The summed E-state index contributed by atoms with van der Waals surface area (Å²) in [6.45, 7) is 4.88. The Morgan fingerprint density at radius 3 is 2.24 bits per heavy atom. The first-order valence-corrected chi connectivity index (χ1v) is 14.4. The summed E-state index contributed by atoms with van der Waals surface area (Å²) >= 11 is 18.7. The van der Waals surface area contributed by atoms with Gasteiger partial charge in [-0.05, 0) is 68.3 Å². The molecule has 0 unspecified atom stereocenters. The Morgan fingerprint density at radius 2 is 1.63 bits per heavy atom. The molecule has 3 aromatic rings. The zero-order chi connectivity index (χ0) is 28.0. The van der Waals surface area contributed by atoms with E-state index >= 15 is 0 Å². The van der Waals surface area contributed by atoms with Crippen molar-refractivity contribution in [2.75, 3.05) is 17.4 Å². The van der Waals surface area contributed by atoms with Crippen molar-refractivity contribution >= 4 is 62.3 Å². The van der Waals surface area contributed by atoms with Gasteiger partial charge in [-0.15, -0.1) is 0 Å². The number of hydrogen-bond donors (Lipinski definition) is 1. The van der Waals surface area contributed by atoms with Crippen molar-refractivity contribution in [3.8, 4) is 0 Å². The number of amides is 2. The lowest BCUT2D eigenvalue weighted by atomic mass is 10.1. The number of sulfonamides is 1. The normalized spacial score (nSPS) is 12.1. The highest BCUT2D eigenvalue weighted by Crippen LogP contribution is 2.29. The smallest absolute Gasteiger partial charge is 0.264 e. The summed E-state index contributed by atoms with van der Waals surface area (Å²) in [6, 6.07) is 16.5. The molecule has 0 heterocycles. The van der Waals surface area contributed by atoms with Crippen LogP contribution in [0.1, 0.15) is 25.0 Å². The van der Waals surface area contributed by atoms with Crippen LogP contribution in [0.15, 0.2) is 71.6 Å². The predicted molar refractivity (Wildman–Crippen MR) is 152 cm³/mol. The molecule has 0 fully saturated rings. The molecule has 202 valence electrons. The van der Waals surface area contributed by atoms with Crippen LogP contribution in [0.4, 0.5) is 5.69 Å². The largest absolute Gasteiger partial charge is 0.355 e. The molecule has 1 N–H and O–H groups in total. The van der Waals surface area contributed by atoms with Gasteiger partial charge in [0.05, 0.1) is 10.6 Å². The predicted octanol–water partition coefficient (Wildman–Crippen LogP) is 5.70. The maximum Gasteiger partial charge on any atom is 0.264 e. The van der Waals surface area contributed by atoms with Crippen molar-refractivity contribution < 1.29 is 18.0 Å². The number of aryl methyl sites for hydroxylation is 1. The molecule has 1 atom stereocenters. The molecular formula is C27H28Cl3N3O4S. The Kier molecular flexibility index (Phi) is 10.1. The van der Waals surface area contributed by atoms with Crippen LogP contribution in [0, 0.1) is 6.92 Å². The minimum atomic E-state index is -4.17. The SMILES string of the molecule is CCNC(=O)[C@@H](C)N(Cc1ccc(Cl)cc1Cl)C(=O)CN(c1ccc(C)c(Cl)c1)S(=O)(=O)c1ccccc1. The van der Waals surface area contributed by atoms with Crippen molar-refractivity contribution in [2.24, 2.45) is 0 Å². The van der Waals surface area contributed by atoms with Crippen molar-refractivity contribution in [3.05, 3.63) is 92.9 Å². The molecule has 11 heteroatoms. The average Bonchev–Trinajstić information content (AvgIpc) is 2.88. The van der Waals surface area contributed by atoms with Crippen LogP contribution in [0.25, 0.3) is 0 Å². The van der Waals surface area contributed by atoms with E-state index < -0.39 is 28.5 Å². The topological polar surface area (TPSA) is 86.8 Å². The second-order valence-electron chi connectivity index (χ2n) is 8.59. The molecule has 38 heavy (non-hydrogen) atoms. The highest BCUT2D eigenvalue weighted by atomic mass is 35.5. The average molecular weight is 597 g/mol. The van der Waals surface area contributed by atoms with E-state index in [1.54, 1.807) is 69.3 Å². The van der Waals surface area contributed by atoms with Crippen molar-refractivity contribution in [1.29, 1.82) is 0 Å². The first-order chi connectivity index (χ1) is 17.9. The van der Waals surface area contributed by atoms with Gasteiger partial charge in [0.25, 0.3) is 10.0 Å². The molecule has 2 amide bonds. The zero-order valence-electron chi connectivity index (χ0n) is 21.1. The van der Waals surface area contributed by atoms with Gasteiger partial charge in [0, 0.05) is 28.2 Å². The third kappa shape index (κ3) is 6.99. The molecule has 0 saturated heterocycles. The van der Waals surface area contributed by atoms with Gasteiger partial charge in [0.1, 0.15) is 12.6 Å². The number of nitrogens with one attached hydrogen (secondary N) is 1. The molecule has 3 aromatic carbocycles. The van der Waals surface area contributed by atoms with E-state index in [-0.39, 0.29) is 23.0 Å². The van der Waals surface area contributed by atoms with Crippen LogP contribution in [-0.2, 0) is 26.2 Å². The molecule has 0 aliphatic rings. The summed E-state index contributed by atoms with van der Waals surface area (Å²) in [4.78, 5) is 27.9. The molecule has 3 rings (SSSR count). The van der Waals surface area contributed by atoms with Crippen molar-refractivity contribution in [2.45, 2.75) is 38.3 Å². The molecule has 0 radical (unpaired) electrons. The number of hydrogen-bond acceptors (Lipinski definition) is 4. The van der Waals surface area contributed by atoms with E-state index in [0.717, 1.165) is 9.87 Å². The lowest BCUT2D eigenvalue weighted by Gasteiger charge is -2.32. The maximum atomic E-state index is 13.8. The van der Waals surface area contributed by atoms with Crippen LogP contribution in [0.2, 0.25) is 15.1 Å². The quantitative estimate of drug-likeness (QED) is 0.325. The van der Waals surface area contributed by atoms with Crippen LogP contribution in [0.3, 0.4) is 0 Å². The lowest BCUT2D eigenvalue weighted by Crippen LogP contribution is -2.51. The third-order valence-corrected chi connectivity index (χ3v) is 8.71. The molecule has 7 nitrogen and oxygen atoms in total. The van der Waals surface area contributed by atoms with Gasteiger partial charge < -0.3 is 10.2 Å². The van der Waals surface area contributed by atoms with Gasteiger partial charge in [0.15, 0.2) is 0 Å². The van der Waals surface area contributed by atoms with E-state index in [0.29, 0.717) is 27.2 Å². The molecule has 0 aromatic heterocycles. The van der Waals surface area contributed by atoms with E-state index in [1.165, 1.54) is 23.1 Å². The standard InChI is InChI=1S/C27H28Cl3N3O4S/c1-4-31-27(35)19(3)32(16-20-11-12-21(28)14-25(20)30)26(34)17-33(22-13-10-18(2)24(29)15-22)38(36,37)23-8-6-5-7-9-23/h5-15,19H,4,16-17H2,1-3H3,(H,31,35)/t19-/m1/s1. The fourth-order valence-corrected chi connectivity index (χ4v) is 5.79. The summed E-state index contributed by atoms with van der Waals surface area (Å²) in [5.41, 5.74) is 1.52. The van der Waals surface area contributed by atoms with Gasteiger partial charge >= 0.3 is 0 Å². The second kappa shape index (κ2) is 12.8. The summed E-state index contributed by atoms with van der Waals surface area (Å²) in [5, 5.41) is 3.80. The molecule has 0 aliphatic carbocycles. The highest BCUT2D eigenvalue weighted by Gasteiger charge is 2.32. The molecular weight excluding hydrogens is 569 g/mol. The van der Waals surface area contributed by atoms with Crippen LogP contribution < -0.4 is 9.62 Å². The molecule has 0 spiro atoms. The van der Waals surface area contributed by atoms with Gasteiger partial charge in [-0.2, -0.15) is 0 Å². The monoisotopic (exact) mass is 595 g/mol. The Hall–Kier alpha value is -2.78. The van der Waals surface area contributed by atoms with Gasteiger partial charge in [-0.1, -0.05) is 65.1 Å². The van der Waals surface area contributed by atoms with Gasteiger partial charge in [-0.3, -0.25) is 13.9 Å². The second-order valence-corrected chi connectivity index (χ2v) is 11.7. The number of rotatable bonds is 10. The van der Waals surface area contributed by atoms with Crippen LogP contribution in [-0.4, -0.2) is 44.3 Å². The van der Waals surface area contributed by atoms with Crippen LogP contribution >= 0.6 is 34.8 Å². The third-order valence-electron chi connectivity index (χ3n) is 5.93. The Morgan fingerprint density at radius 1 is 0.947 bits per heavy atom. The Balaban J connectivity index is 2.06. The Bertz CT molecular complexity index is 1420. The zero-order valence-corrected chi connectivity index (χ0v) is 24.2. The van der Waals surface area contributed by atoms with Crippen molar-refractivity contribution in [3.63, 3.8) is 0 Å². The van der Waals surface area contributed by atoms with Crippen molar-refractivity contribution in [1.82, 2.24) is 10.2 Å². The highest BCUT2D eigenvalue weighted by molar-refractivity contribution is 7.92. The molecule has 0 bridgehead atoms. The number of carbonyl (C=O) groups excluding carboxylic acids is 2. The molecule has 0 saturated carbocycles. The summed E-state index contributed by atoms with van der Waals surface area (Å²) in [6.07, 6.45) is 0. The summed E-state index contributed by atoms with van der Waals surface area (Å²) in [7, 11) is -4.17. The number of nitrogens with zero attached hydrogens (tertiary/aromatic N) is 2. The fourth-order valence-electron chi connectivity index (χ4n) is 3.72. The van der Waals surface area contributed by atoms with E-state index in [1.807, 2.05) is 0 Å². The summed E-state index contributed by atoms with van der Waals surface area (Å²) < 4.78 is 28.5. The fraction of sp³-hybridized carbons (Fsp3) is 0.259. The summed E-state index contributed by atoms with van der Waals surface area (Å²) in [5.74, 6) is -0.993. The van der Waals surface area contributed by atoms with Crippen LogP contribution in [0.5, 0.6) is 0 Å². The first kappa shape index (κ1) is 29.8. The number of anilines is 1. The van der Waals surface area contributed by atoms with Gasteiger partial charge in [-0.25, -0.2) is 8.42 Å². The number of benzene rings is 3. The first-order valence-electron chi connectivity index (χ1n) is 11.8. The number of likely N-dealkylation sites (N-methyl/N-ethyl adjacent to an activating group) is 1. The minimum Gasteiger partial charge on any atom is -0.355 e. The van der Waals surface area contributed by atoms with E-state index in [9.17, 15) is 18.0 Å². The molecule has 0 aliphatic heterocycles. The lowest BCUT2D eigenvalue weighted by molar-refractivity contribution is -0.139. The number of halogens is 3. The van der Waals surface area contributed by atoms with Gasteiger partial charge in [0.2, 0.25) is 11.8 Å². The van der Waals surface area contributed by atoms with E-state index in [2.05, 4.69) is 5.32 Å². The number of carbonyl (C=O) groups is 2.